The predicted molar refractivity (Wildman–Crippen MR) is 66.4 cm³/mol. The first kappa shape index (κ1) is 11.8. The highest BCUT2D eigenvalue weighted by atomic mass is 16.3. The van der Waals surface area contributed by atoms with Crippen LogP contribution in [-0.4, -0.2) is 27.0 Å². The molecule has 92 valence electrons. The molecule has 2 N–H and O–H groups in total. The van der Waals surface area contributed by atoms with Crippen molar-refractivity contribution in [1.29, 1.82) is 0 Å². The smallest absolute Gasteiger partial charge is 0.271 e. The minimum Gasteiger partial charge on any atom is -0.508 e. The number of phenols is 1. The maximum atomic E-state index is 11.6. The molecule has 0 saturated carbocycles. The van der Waals surface area contributed by atoms with Gasteiger partial charge in [-0.05, 0) is 24.3 Å². The Labute approximate surface area is 104 Å². The van der Waals surface area contributed by atoms with E-state index >= 15 is 0 Å². The molecule has 0 aliphatic carbocycles. The first-order chi connectivity index (χ1) is 8.65. The van der Waals surface area contributed by atoms with Gasteiger partial charge < -0.3 is 5.11 Å². The Morgan fingerprint density at radius 3 is 2.78 bits per heavy atom. The number of aromatic nitrogens is 2. The van der Waals surface area contributed by atoms with Crippen LogP contribution in [0.1, 0.15) is 15.9 Å². The Morgan fingerprint density at radius 2 is 2.17 bits per heavy atom. The second-order valence-corrected chi connectivity index (χ2v) is 3.69. The molecule has 2 aromatic rings. The van der Waals surface area contributed by atoms with Crippen molar-refractivity contribution in [3.8, 4) is 5.75 Å². The lowest BCUT2D eigenvalue weighted by atomic mass is 10.2. The van der Waals surface area contributed by atoms with E-state index in [9.17, 15) is 4.79 Å². The third-order valence-electron chi connectivity index (χ3n) is 2.23. The van der Waals surface area contributed by atoms with Crippen molar-refractivity contribution in [1.82, 2.24) is 15.2 Å². The van der Waals surface area contributed by atoms with Crippen LogP contribution in [0.5, 0.6) is 5.75 Å². The zero-order valence-corrected chi connectivity index (χ0v) is 9.74. The molecule has 2 rings (SSSR count). The predicted octanol–water partition coefficient (Wildman–Crippen LogP) is 0.890. The van der Waals surface area contributed by atoms with Crippen molar-refractivity contribution < 1.29 is 9.90 Å². The quantitative estimate of drug-likeness (QED) is 0.621. The lowest BCUT2D eigenvalue weighted by Crippen LogP contribution is -2.17. The number of phenolic OH excluding ortho intramolecular Hbond substituents is 1. The lowest BCUT2D eigenvalue weighted by Gasteiger charge is -1.99. The molecule has 0 fully saturated rings. The van der Waals surface area contributed by atoms with Crippen molar-refractivity contribution in [3.05, 3.63) is 47.8 Å². The van der Waals surface area contributed by atoms with Gasteiger partial charge in [-0.1, -0.05) is 0 Å². The lowest BCUT2D eigenvalue weighted by molar-refractivity contribution is 0.0955. The molecule has 0 spiro atoms. The summed E-state index contributed by atoms with van der Waals surface area (Å²) in [5, 5.41) is 16.9. The highest BCUT2D eigenvalue weighted by Gasteiger charge is 2.03. The number of rotatable bonds is 3. The van der Waals surface area contributed by atoms with E-state index in [2.05, 4.69) is 15.6 Å². The number of amides is 1. The Balaban J connectivity index is 1.96. The molecule has 6 nitrogen and oxygen atoms in total. The normalized spacial score (nSPS) is 10.7. The number of carbonyl (C=O) groups is 1. The number of aryl methyl sites for hydroxylation is 1. The average Bonchev–Trinajstić information content (AvgIpc) is 2.76. The molecular formula is C12H12N4O2. The van der Waals surface area contributed by atoms with Crippen LogP contribution >= 0.6 is 0 Å². The zero-order valence-electron chi connectivity index (χ0n) is 9.74. The number of nitrogens with one attached hydrogen (secondary N) is 1. The van der Waals surface area contributed by atoms with Crippen LogP contribution in [0.4, 0.5) is 0 Å². The summed E-state index contributed by atoms with van der Waals surface area (Å²) in [6, 6.07) is 5.92. The molecule has 0 unspecified atom stereocenters. The van der Waals surface area contributed by atoms with Gasteiger partial charge in [0.15, 0.2) is 0 Å². The number of hydrazone groups is 1. The van der Waals surface area contributed by atoms with E-state index in [4.69, 9.17) is 5.11 Å². The summed E-state index contributed by atoms with van der Waals surface area (Å²) in [7, 11) is 1.80. The van der Waals surface area contributed by atoms with Crippen molar-refractivity contribution in [2.75, 3.05) is 0 Å². The highest BCUT2D eigenvalue weighted by molar-refractivity contribution is 5.94. The number of aromatic hydroxyl groups is 1. The molecule has 6 heteroatoms. The fraction of sp³-hybridized carbons (Fsp3) is 0.0833. The highest BCUT2D eigenvalue weighted by Crippen LogP contribution is 2.09. The molecule has 18 heavy (non-hydrogen) atoms. The molecule has 0 radical (unpaired) electrons. The van der Waals surface area contributed by atoms with Crippen LogP contribution in [0.15, 0.2) is 41.8 Å². The largest absolute Gasteiger partial charge is 0.508 e. The Hall–Kier alpha value is -2.63. The SMILES string of the molecule is Cn1cc(/C=N/NC(=O)c2ccc(O)cc2)cn1. The zero-order chi connectivity index (χ0) is 13.0. The van der Waals surface area contributed by atoms with E-state index < -0.39 is 0 Å². The third-order valence-corrected chi connectivity index (χ3v) is 2.23. The summed E-state index contributed by atoms with van der Waals surface area (Å²) in [5.74, 6) is -0.222. The van der Waals surface area contributed by atoms with E-state index in [1.165, 1.54) is 30.5 Å². The summed E-state index contributed by atoms with van der Waals surface area (Å²) in [5.41, 5.74) is 3.61. The number of hydrogen-bond acceptors (Lipinski definition) is 4. The van der Waals surface area contributed by atoms with Crippen molar-refractivity contribution >= 4 is 12.1 Å². The van der Waals surface area contributed by atoms with E-state index in [-0.39, 0.29) is 11.7 Å². The van der Waals surface area contributed by atoms with Crippen LogP contribution in [0.25, 0.3) is 0 Å². The monoisotopic (exact) mass is 244 g/mol. The van der Waals surface area contributed by atoms with Gasteiger partial charge in [0.2, 0.25) is 0 Å². The number of nitrogens with zero attached hydrogens (tertiary/aromatic N) is 3. The third kappa shape index (κ3) is 2.94. The summed E-state index contributed by atoms with van der Waals surface area (Å²) in [6.45, 7) is 0. The first-order valence-corrected chi connectivity index (χ1v) is 5.26. The second-order valence-electron chi connectivity index (χ2n) is 3.69. The molecule has 0 bridgehead atoms. The maximum Gasteiger partial charge on any atom is 0.271 e. The standard InChI is InChI=1S/C12H12N4O2/c1-16-8-9(7-14-16)6-13-15-12(18)10-2-4-11(17)5-3-10/h2-8,17H,1H3,(H,15,18)/b13-6+. The van der Waals surface area contributed by atoms with Gasteiger partial charge in [-0.25, -0.2) is 5.43 Å². The Kier molecular flexibility index (Phi) is 3.38. The maximum absolute atomic E-state index is 11.6. The number of hydrogen-bond donors (Lipinski definition) is 2. The summed E-state index contributed by atoms with van der Waals surface area (Å²) < 4.78 is 1.64. The second kappa shape index (κ2) is 5.13. The molecule has 1 heterocycles. The van der Waals surface area contributed by atoms with Crippen LogP contribution < -0.4 is 5.43 Å². The van der Waals surface area contributed by atoms with Crippen LogP contribution in [0.3, 0.4) is 0 Å². The van der Waals surface area contributed by atoms with Gasteiger partial charge in [0.1, 0.15) is 5.75 Å². The molecule has 0 saturated heterocycles. The molecule has 0 aliphatic rings. The number of carbonyl (C=O) groups excluding carboxylic acids is 1. The van der Waals surface area contributed by atoms with E-state index in [1.807, 2.05) is 0 Å². The average molecular weight is 244 g/mol. The van der Waals surface area contributed by atoms with Crippen molar-refractivity contribution in [2.45, 2.75) is 0 Å². The van der Waals surface area contributed by atoms with Gasteiger partial charge in [-0.2, -0.15) is 10.2 Å². The molecule has 1 aromatic carbocycles. The van der Waals surface area contributed by atoms with Crippen LogP contribution in [0.2, 0.25) is 0 Å². The van der Waals surface area contributed by atoms with E-state index in [1.54, 1.807) is 24.1 Å². The first-order valence-electron chi connectivity index (χ1n) is 5.26. The Bertz CT molecular complexity index is 572. The number of benzene rings is 1. The summed E-state index contributed by atoms with van der Waals surface area (Å²) in [4.78, 5) is 11.6. The minimum atomic E-state index is -0.338. The van der Waals surface area contributed by atoms with Gasteiger partial charge in [0.25, 0.3) is 5.91 Å². The van der Waals surface area contributed by atoms with Crippen LogP contribution in [0, 0.1) is 0 Å². The van der Waals surface area contributed by atoms with E-state index in [0.29, 0.717) is 5.56 Å². The topological polar surface area (TPSA) is 79.5 Å². The van der Waals surface area contributed by atoms with Gasteiger partial charge in [0, 0.05) is 24.4 Å². The fourth-order valence-corrected chi connectivity index (χ4v) is 1.35. The van der Waals surface area contributed by atoms with Crippen molar-refractivity contribution in [2.24, 2.45) is 12.1 Å². The summed E-state index contributed by atoms with van der Waals surface area (Å²) in [6.07, 6.45) is 4.91. The van der Waals surface area contributed by atoms with Gasteiger partial charge in [-0.3, -0.25) is 9.48 Å². The molecule has 0 atom stereocenters. The van der Waals surface area contributed by atoms with Crippen LogP contribution in [-0.2, 0) is 7.05 Å². The van der Waals surface area contributed by atoms with Gasteiger partial charge >= 0.3 is 0 Å². The molecular weight excluding hydrogens is 232 g/mol. The fourth-order valence-electron chi connectivity index (χ4n) is 1.35. The molecule has 0 aliphatic heterocycles. The van der Waals surface area contributed by atoms with Gasteiger partial charge in [-0.15, -0.1) is 0 Å². The summed E-state index contributed by atoms with van der Waals surface area (Å²) >= 11 is 0. The Morgan fingerprint density at radius 1 is 1.44 bits per heavy atom. The molecule has 1 aromatic heterocycles. The van der Waals surface area contributed by atoms with Gasteiger partial charge in [0.05, 0.1) is 12.4 Å². The molecule has 1 amide bonds. The van der Waals surface area contributed by atoms with Crippen molar-refractivity contribution in [3.63, 3.8) is 0 Å². The minimum absolute atomic E-state index is 0.116. The van der Waals surface area contributed by atoms with E-state index in [0.717, 1.165) is 5.56 Å².